The molecule has 0 radical (unpaired) electrons. The Morgan fingerprint density at radius 2 is 1.92 bits per heavy atom. The molecule has 0 bridgehead atoms. The molecule has 1 fully saturated rings. The highest BCUT2D eigenvalue weighted by Gasteiger charge is 2.25. The molecule has 0 amide bonds. The molecule has 0 spiro atoms. The lowest BCUT2D eigenvalue weighted by atomic mass is 10.4. The summed E-state index contributed by atoms with van der Waals surface area (Å²) in [5.74, 6) is 0. The molecule has 0 aromatic carbocycles. The van der Waals surface area contributed by atoms with Crippen LogP contribution in [0.3, 0.4) is 0 Å². The Morgan fingerprint density at radius 3 is 2.33 bits per heavy atom. The van der Waals surface area contributed by atoms with E-state index in [4.69, 9.17) is 5.11 Å². The lowest BCUT2D eigenvalue weighted by molar-refractivity contribution is 0.181. The van der Waals surface area contributed by atoms with Crippen LogP contribution in [0, 0.1) is 0 Å². The van der Waals surface area contributed by atoms with Gasteiger partial charge in [0.05, 0.1) is 0 Å². The van der Waals surface area contributed by atoms with Crippen LogP contribution in [0.25, 0.3) is 0 Å². The van der Waals surface area contributed by atoms with Crippen molar-refractivity contribution in [2.45, 2.75) is 26.0 Å². The zero-order chi connectivity index (χ0) is 9.19. The van der Waals surface area contributed by atoms with E-state index < -0.39 is 16.4 Å². The number of aliphatic hydroxyl groups excluding tert-OH is 1. The minimum atomic E-state index is -3.43. The summed E-state index contributed by atoms with van der Waals surface area (Å²) in [6, 6.07) is 0. The largest absolute Gasteiger partial charge is 0.378 e. The summed E-state index contributed by atoms with van der Waals surface area (Å²) in [7, 11) is -3.43. The summed E-state index contributed by atoms with van der Waals surface area (Å²) in [4.78, 5) is 0. The lowest BCUT2D eigenvalue weighted by Gasteiger charge is -2.17. The summed E-state index contributed by atoms with van der Waals surface area (Å²) >= 11 is 0. The maximum absolute atomic E-state index is 11.3. The zero-order valence-corrected chi connectivity index (χ0v) is 7.84. The summed E-state index contributed by atoms with van der Waals surface area (Å²) < 4.78 is 26.1. The topological polar surface area (TPSA) is 69.6 Å². The molecule has 1 rings (SSSR count). The predicted octanol–water partition coefficient (Wildman–Crippen LogP) is -0.745. The van der Waals surface area contributed by atoms with Gasteiger partial charge in [-0.05, 0) is 19.8 Å². The molecule has 6 heteroatoms. The van der Waals surface area contributed by atoms with E-state index >= 15 is 0 Å². The average molecular weight is 194 g/mol. The molecule has 2 N–H and O–H groups in total. The molecule has 1 saturated heterocycles. The number of hydrogen-bond acceptors (Lipinski definition) is 3. The van der Waals surface area contributed by atoms with Crippen LogP contribution in [0.4, 0.5) is 0 Å². The first-order valence-corrected chi connectivity index (χ1v) is 5.42. The number of aliphatic hydroxyl groups is 1. The van der Waals surface area contributed by atoms with Gasteiger partial charge < -0.3 is 5.11 Å². The highest BCUT2D eigenvalue weighted by Crippen LogP contribution is 2.11. The van der Waals surface area contributed by atoms with Crippen molar-refractivity contribution in [3.05, 3.63) is 0 Å². The molecule has 0 aromatic heterocycles. The van der Waals surface area contributed by atoms with E-state index in [1.165, 1.54) is 11.2 Å². The Morgan fingerprint density at radius 1 is 1.42 bits per heavy atom. The molecule has 1 aliphatic rings. The zero-order valence-electron chi connectivity index (χ0n) is 7.02. The van der Waals surface area contributed by atoms with Gasteiger partial charge in [0, 0.05) is 13.1 Å². The predicted molar refractivity (Wildman–Crippen MR) is 44.5 cm³/mol. The average Bonchev–Trinajstić information content (AvgIpc) is 2.32. The van der Waals surface area contributed by atoms with Crippen LogP contribution >= 0.6 is 0 Å². The summed E-state index contributed by atoms with van der Waals surface area (Å²) in [5, 5.41) is 8.83. The second-order valence-corrected chi connectivity index (χ2v) is 4.61. The number of rotatable bonds is 3. The van der Waals surface area contributed by atoms with Crippen molar-refractivity contribution in [1.82, 2.24) is 9.03 Å². The third-order valence-electron chi connectivity index (χ3n) is 1.72. The third kappa shape index (κ3) is 2.41. The first kappa shape index (κ1) is 9.91. The Balaban J connectivity index is 2.58. The van der Waals surface area contributed by atoms with E-state index in [-0.39, 0.29) is 0 Å². The highest BCUT2D eigenvalue weighted by atomic mass is 32.2. The van der Waals surface area contributed by atoms with E-state index in [9.17, 15) is 8.42 Å². The van der Waals surface area contributed by atoms with E-state index in [2.05, 4.69) is 4.72 Å². The molecule has 0 saturated carbocycles. The minimum Gasteiger partial charge on any atom is -0.378 e. The Hall–Kier alpha value is -0.170. The van der Waals surface area contributed by atoms with Gasteiger partial charge >= 0.3 is 0 Å². The third-order valence-corrected chi connectivity index (χ3v) is 3.41. The van der Waals surface area contributed by atoms with Crippen molar-refractivity contribution in [3.63, 3.8) is 0 Å². The van der Waals surface area contributed by atoms with Gasteiger partial charge in [-0.3, -0.25) is 0 Å². The van der Waals surface area contributed by atoms with Crippen molar-refractivity contribution in [2.75, 3.05) is 13.1 Å². The van der Waals surface area contributed by atoms with Gasteiger partial charge in [-0.15, -0.1) is 0 Å². The molecular weight excluding hydrogens is 180 g/mol. The van der Waals surface area contributed by atoms with Gasteiger partial charge in [0.15, 0.2) is 0 Å². The molecule has 1 atom stereocenters. The first-order chi connectivity index (χ1) is 5.52. The van der Waals surface area contributed by atoms with Crippen molar-refractivity contribution in [2.24, 2.45) is 0 Å². The van der Waals surface area contributed by atoms with Gasteiger partial charge in [0.1, 0.15) is 6.23 Å². The highest BCUT2D eigenvalue weighted by molar-refractivity contribution is 7.87. The van der Waals surface area contributed by atoms with Crippen LogP contribution in [-0.2, 0) is 10.2 Å². The van der Waals surface area contributed by atoms with Gasteiger partial charge in [-0.25, -0.2) is 0 Å². The maximum Gasteiger partial charge on any atom is 0.281 e. The molecule has 5 nitrogen and oxygen atoms in total. The maximum atomic E-state index is 11.3. The normalized spacial score (nSPS) is 22.8. The fourth-order valence-electron chi connectivity index (χ4n) is 1.22. The van der Waals surface area contributed by atoms with Gasteiger partial charge in [-0.2, -0.15) is 17.4 Å². The molecule has 72 valence electrons. The molecule has 12 heavy (non-hydrogen) atoms. The summed E-state index contributed by atoms with van der Waals surface area (Å²) in [5.41, 5.74) is 0. The second kappa shape index (κ2) is 3.69. The van der Waals surface area contributed by atoms with E-state index in [0.29, 0.717) is 13.1 Å². The van der Waals surface area contributed by atoms with E-state index in [0.717, 1.165) is 12.8 Å². The van der Waals surface area contributed by atoms with Gasteiger partial charge in [-0.1, -0.05) is 0 Å². The van der Waals surface area contributed by atoms with Crippen LogP contribution in [0.15, 0.2) is 0 Å². The molecular formula is C6H14N2O3S. The number of nitrogens with zero attached hydrogens (tertiary/aromatic N) is 1. The number of nitrogens with one attached hydrogen (secondary N) is 1. The molecule has 1 unspecified atom stereocenters. The SMILES string of the molecule is CC(O)NS(=O)(=O)N1CCCC1. The molecule has 0 aromatic rings. The Kier molecular flexibility index (Phi) is 3.05. The molecule has 1 aliphatic heterocycles. The lowest BCUT2D eigenvalue weighted by Crippen LogP contribution is -2.42. The van der Waals surface area contributed by atoms with Crippen molar-refractivity contribution in [1.29, 1.82) is 0 Å². The van der Waals surface area contributed by atoms with Crippen LogP contribution in [0.2, 0.25) is 0 Å². The fourth-order valence-corrected chi connectivity index (χ4v) is 2.54. The smallest absolute Gasteiger partial charge is 0.281 e. The second-order valence-electron chi connectivity index (χ2n) is 2.91. The van der Waals surface area contributed by atoms with Crippen LogP contribution in [0.1, 0.15) is 19.8 Å². The Bertz CT molecular complexity index is 231. The number of hydrogen-bond donors (Lipinski definition) is 2. The van der Waals surface area contributed by atoms with Crippen molar-refractivity contribution < 1.29 is 13.5 Å². The summed E-state index contributed by atoms with van der Waals surface area (Å²) in [6.07, 6.45) is 0.789. The quantitative estimate of drug-likeness (QED) is 0.581. The molecule has 0 aliphatic carbocycles. The van der Waals surface area contributed by atoms with Gasteiger partial charge in [0.2, 0.25) is 0 Å². The summed E-state index contributed by atoms with van der Waals surface area (Å²) in [6.45, 7) is 2.50. The standard InChI is InChI=1S/C6H14N2O3S/c1-6(9)7-12(10,11)8-4-2-3-5-8/h6-7,9H,2-5H2,1H3. The minimum absolute atomic E-state index is 0.558. The van der Waals surface area contributed by atoms with Crippen molar-refractivity contribution in [3.8, 4) is 0 Å². The van der Waals surface area contributed by atoms with Crippen molar-refractivity contribution >= 4 is 10.2 Å². The molecule has 1 heterocycles. The van der Waals surface area contributed by atoms with E-state index in [1.807, 2.05) is 0 Å². The Labute approximate surface area is 72.6 Å². The van der Waals surface area contributed by atoms with E-state index in [1.54, 1.807) is 0 Å². The fraction of sp³-hybridized carbons (Fsp3) is 1.00. The van der Waals surface area contributed by atoms with Crippen LogP contribution in [0.5, 0.6) is 0 Å². The first-order valence-electron chi connectivity index (χ1n) is 3.98. The van der Waals surface area contributed by atoms with Crippen LogP contribution in [-0.4, -0.2) is 37.1 Å². The monoisotopic (exact) mass is 194 g/mol. The van der Waals surface area contributed by atoms with Crippen LogP contribution < -0.4 is 4.72 Å². The van der Waals surface area contributed by atoms with Gasteiger partial charge in [0.25, 0.3) is 10.2 Å².